The van der Waals surface area contributed by atoms with E-state index in [2.05, 4.69) is 25.2 Å². The summed E-state index contributed by atoms with van der Waals surface area (Å²) >= 11 is 0. The minimum absolute atomic E-state index is 0.175. The van der Waals surface area contributed by atoms with E-state index in [0.29, 0.717) is 18.5 Å². The molecule has 1 aliphatic carbocycles. The van der Waals surface area contributed by atoms with Crippen LogP contribution >= 0.6 is 0 Å². The molecule has 25 heavy (non-hydrogen) atoms. The van der Waals surface area contributed by atoms with Gasteiger partial charge in [-0.15, -0.1) is 0 Å². The number of carbonyl (C=O) groups excluding carboxylic acids is 1. The van der Waals surface area contributed by atoms with E-state index in [1.54, 1.807) is 12.1 Å². The lowest BCUT2D eigenvalue weighted by Gasteiger charge is -2.22. The summed E-state index contributed by atoms with van der Waals surface area (Å²) in [6.45, 7) is 2.85. The molecule has 0 radical (unpaired) electrons. The Balaban J connectivity index is 1.57. The second-order valence-corrected chi connectivity index (χ2v) is 7.02. The maximum absolute atomic E-state index is 12.2. The topological polar surface area (TPSA) is 57.6 Å². The molecular weight excluding hydrogens is 314 g/mol. The van der Waals surface area contributed by atoms with E-state index in [4.69, 9.17) is 5.11 Å². The second-order valence-electron chi connectivity index (χ2n) is 7.02. The molecule has 1 saturated heterocycles. The second kappa shape index (κ2) is 7.68. The predicted molar refractivity (Wildman–Crippen MR) is 97.5 cm³/mol. The first-order valence-electron chi connectivity index (χ1n) is 9.01. The normalized spacial score (nSPS) is 21.3. The average Bonchev–Trinajstić information content (AvgIpc) is 3.39. The third-order valence-corrected chi connectivity index (χ3v) is 5.13. The van der Waals surface area contributed by atoms with Crippen LogP contribution in [0.5, 0.6) is 0 Å². The van der Waals surface area contributed by atoms with Gasteiger partial charge < -0.3 is 10.0 Å². The van der Waals surface area contributed by atoms with Gasteiger partial charge in [-0.1, -0.05) is 35.9 Å². The predicted octanol–water partition coefficient (Wildman–Crippen LogP) is 3.83. The highest BCUT2D eigenvalue weighted by Crippen LogP contribution is 2.36. The Morgan fingerprint density at radius 1 is 1.24 bits per heavy atom. The summed E-state index contributed by atoms with van der Waals surface area (Å²) in [5.41, 5.74) is 2.78. The van der Waals surface area contributed by atoms with Crippen LogP contribution in [0.2, 0.25) is 0 Å². The molecule has 4 nitrogen and oxygen atoms in total. The lowest BCUT2D eigenvalue weighted by molar-refractivity contribution is -0.128. The number of allylic oxidation sites excluding steroid dienone is 3. The Kier molecular flexibility index (Phi) is 5.37. The zero-order chi connectivity index (χ0) is 17.8. The van der Waals surface area contributed by atoms with Crippen LogP contribution < -0.4 is 0 Å². The molecule has 2 fully saturated rings. The lowest BCUT2D eigenvalue weighted by atomic mass is 10.1. The van der Waals surface area contributed by atoms with Crippen molar-refractivity contribution in [1.29, 1.82) is 0 Å². The molecule has 1 aliphatic heterocycles. The van der Waals surface area contributed by atoms with Gasteiger partial charge in [0.25, 0.3) is 0 Å². The van der Waals surface area contributed by atoms with Crippen molar-refractivity contribution < 1.29 is 14.7 Å². The maximum Gasteiger partial charge on any atom is 0.335 e. The van der Waals surface area contributed by atoms with Crippen molar-refractivity contribution in [3.05, 3.63) is 59.2 Å². The number of aromatic carboxylic acids is 1. The number of nitrogens with zero attached hydrogens (tertiary/aromatic N) is 1. The van der Waals surface area contributed by atoms with E-state index in [0.717, 1.165) is 24.3 Å². The van der Waals surface area contributed by atoms with E-state index in [9.17, 15) is 9.59 Å². The van der Waals surface area contributed by atoms with Gasteiger partial charge in [-0.25, -0.2) is 4.79 Å². The van der Waals surface area contributed by atoms with Crippen LogP contribution in [0.4, 0.5) is 0 Å². The van der Waals surface area contributed by atoms with Crippen LogP contribution in [0.1, 0.15) is 48.5 Å². The van der Waals surface area contributed by atoms with E-state index < -0.39 is 5.97 Å². The average molecular weight is 339 g/mol. The van der Waals surface area contributed by atoms with Crippen molar-refractivity contribution in [2.75, 3.05) is 6.54 Å². The Bertz CT molecular complexity index is 698. The molecule has 1 N–H and O–H groups in total. The Morgan fingerprint density at radius 2 is 1.96 bits per heavy atom. The monoisotopic (exact) mass is 339 g/mol. The van der Waals surface area contributed by atoms with E-state index in [-0.39, 0.29) is 11.9 Å². The van der Waals surface area contributed by atoms with Crippen molar-refractivity contribution in [2.45, 2.75) is 45.1 Å². The largest absolute Gasteiger partial charge is 0.478 e. The zero-order valence-corrected chi connectivity index (χ0v) is 14.6. The van der Waals surface area contributed by atoms with Crippen molar-refractivity contribution >= 4 is 11.9 Å². The van der Waals surface area contributed by atoms with Crippen molar-refractivity contribution in [2.24, 2.45) is 5.92 Å². The minimum atomic E-state index is -0.916. The number of benzene rings is 1. The summed E-state index contributed by atoms with van der Waals surface area (Å²) < 4.78 is 0. The highest BCUT2D eigenvalue weighted by atomic mass is 16.4. The highest BCUT2D eigenvalue weighted by molar-refractivity contribution is 5.87. The van der Waals surface area contributed by atoms with E-state index in [1.807, 2.05) is 17.0 Å². The number of hydrogen-bond donors (Lipinski definition) is 1. The number of likely N-dealkylation sites (tertiary alicyclic amines) is 1. The van der Waals surface area contributed by atoms with Gasteiger partial charge in [0.15, 0.2) is 0 Å². The third-order valence-electron chi connectivity index (χ3n) is 5.13. The molecule has 4 heteroatoms. The molecule has 1 amide bonds. The van der Waals surface area contributed by atoms with Gasteiger partial charge in [0.1, 0.15) is 0 Å². The van der Waals surface area contributed by atoms with Gasteiger partial charge in [-0.05, 0) is 56.2 Å². The molecule has 2 aliphatic rings. The number of rotatable bonds is 7. The molecule has 3 rings (SSSR count). The molecular formula is C21H25NO3. The number of carboxylic acids is 1. The molecule has 0 unspecified atom stereocenters. The van der Waals surface area contributed by atoms with Crippen LogP contribution in [0.25, 0.3) is 0 Å². The highest BCUT2D eigenvalue weighted by Gasteiger charge is 2.28. The van der Waals surface area contributed by atoms with Gasteiger partial charge in [-0.2, -0.15) is 0 Å². The zero-order valence-electron chi connectivity index (χ0n) is 14.6. The first-order chi connectivity index (χ1) is 12.0. The van der Waals surface area contributed by atoms with E-state index in [1.165, 1.54) is 18.4 Å². The molecule has 1 aromatic carbocycles. The minimum Gasteiger partial charge on any atom is -0.478 e. The summed E-state index contributed by atoms with van der Waals surface area (Å²) in [6, 6.07) is 7.07. The van der Waals surface area contributed by atoms with Gasteiger partial charge in [0.05, 0.1) is 11.6 Å². The molecule has 1 aromatic rings. The first kappa shape index (κ1) is 17.5. The molecule has 0 bridgehead atoms. The van der Waals surface area contributed by atoms with Crippen LogP contribution in [0.3, 0.4) is 0 Å². The fraction of sp³-hybridized carbons (Fsp3) is 0.429. The molecule has 0 aromatic heterocycles. The van der Waals surface area contributed by atoms with Gasteiger partial charge in [0, 0.05) is 13.0 Å². The summed E-state index contributed by atoms with van der Waals surface area (Å²) in [7, 11) is 0. The molecule has 1 heterocycles. The first-order valence-corrected chi connectivity index (χ1v) is 9.01. The van der Waals surface area contributed by atoms with Crippen molar-refractivity contribution in [3.63, 3.8) is 0 Å². The Morgan fingerprint density at radius 3 is 2.60 bits per heavy atom. The van der Waals surface area contributed by atoms with Crippen LogP contribution in [0.15, 0.2) is 48.1 Å². The quantitative estimate of drug-likeness (QED) is 0.768. The number of carbonyl (C=O) groups is 2. The fourth-order valence-electron chi connectivity index (χ4n) is 3.32. The molecule has 1 saturated carbocycles. The SMILES string of the molecule is C/C(=C/C=C/[C@H]1CCC(=O)N1CCc1ccc(C(=O)O)cc1)C1CC1. The third kappa shape index (κ3) is 4.59. The van der Waals surface area contributed by atoms with Gasteiger partial charge in [0.2, 0.25) is 5.91 Å². The molecule has 0 spiro atoms. The van der Waals surface area contributed by atoms with Crippen molar-refractivity contribution in [3.8, 4) is 0 Å². The standard InChI is InChI=1S/C21H25NO3/c1-15(17-9-10-17)3-2-4-19-11-12-20(23)22(19)14-13-16-5-7-18(8-6-16)21(24)25/h2-8,17,19H,9-14H2,1H3,(H,24,25)/b4-2+,15-3-/t19-/m0/s1. The number of amides is 1. The molecule has 132 valence electrons. The Labute approximate surface area is 148 Å². The van der Waals surface area contributed by atoms with Crippen LogP contribution in [-0.2, 0) is 11.2 Å². The summed E-state index contributed by atoms with van der Waals surface area (Å²) in [4.78, 5) is 25.0. The lowest BCUT2D eigenvalue weighted by Crippen LogP contribution is -2.33. The Hall–Kier alpha value is -2.36. The van der Waals surface area contributed by atoms with E-state index >= 15 is 0 Å². The number of carboxylic acid groups (broad SMARTS) is 1. The summed E-state index contributed by atoms with van der Waals surface area (Å²) in [5, 5.41) is 8.94. The maximum atomic E-state index is 12.2. The van der Waals surface area contributed by atoms with Crippen molar-refractivity contribution in [1.82, 2.24) is 4.90 Å². The van der Waals surface area contributed by atoms with Gasteiger partial charge >= 0.3 is 5.97 Å². The fourth-order valence-corrected chi connectivity index (χ4v) is 3.32. The van der Waals surface area contributed by atoms with Crippen LogP contribution in [0, 0.1) is 5.92 Å². The summed E-state index contributed by atoms with van der Waals surface area (Å²) in [5.74, 6) is 0.0699. The molecule has 1 atom stereocenters. The number of hydrogen-bond acceptors (Lipinski definition) is 2. The smallest absolute Gasteiger partial charge is 0.335 e. The van der Waals surface area contributed by atoms with Gasteiger partial charge in [-0.3, -0.25) is 4.79 Å². The van der Waals surface area contributed by atoms with Crippen LogP contribution in [-0.4, -0.2) is 34.5 Å². The summed E-state index contributed by atoms with van der Waals surface area (Å²) in [6.07, 6.45) is 11.3.